The van der Waals surface area contributed by atoms with Crippen LogP contribution in [-0.4, -0.2) is 17.9 Å². The fourth-order valence-electron chi connectivity index (χ4n) is 4.04. The summed E-state index contributed by atoms with van der Waals surface area (Å²) < 4.78 is 30.2. The zero-order valence-corrected chi connectivity index (χ0v) is 20.5. The number of aromatic nitrogens is 1. The average Bonchev–Trinajstić information content (AvgIpc) is 2.85. The molecule has 178 valence electrons. The number of aryl methyl sites for hydroxylation is 1. The smallest absolute Gasteiger partial charge is 0.368 e. The number of hydrogen-bond acceptors (Lipinski definition) is 7. The summed E-state index contributed by atoms with van der Waals surface area (Å²) in [6.45, 7) is 6.47. The first-order chi connectivity index (χ1) is 16.4. The molecular weight excluding hydrogens is 451 g/mol. The van der Waals surface area contributed by atoms with E-state index >= 15 is 0 Å². The highest BCUT2D eigenvalue weighted by molar-refractivity contribution is 7.53. The second-order valence-electron chi connectivity index (χ2n) is 8.79. The molecule has 0 N–H and O–H groups in total. The van der Waals surface area contributed by atoms with Gasteiger partial charge in [0.15, 0.2) is 6.35 Å². The van der Waals surface area contributed by atoms with E-state index in [2.05, 4.69) is 24.0 Å². The van der Waals surface area contributed by atoms with Gasteiger partial charge in [-0.3, -0.25) is 14.1 Å². The van der Waals surface area contributed by atoms with Gasteiger partial charge in [0, 0.05) is 18.8 Å². The third-order valence-corrected chi connectivity index (χ3v) is 7.54. The maximum absolute atomic E-state index is 13.1. The van der Waals surface area contributed by atoms with E-state index in [0.29, 0.717) is 24.5 Å². The Morgan fingerprint density at radius 3 is 2.65 bits per heavy atom. The van der Waals surface area contributed by atoms with Crippen LogP contribution in [0, 0.1) is 11.8 Å². The molecule has 3 aromatic rings. The van der Waals surface area contributed by atoms with Gasteiger partial charge in [-0.05, 0) is 82.6 Å². The molecule has 1 saturated heterocycles. The van der Waals surface area contributed by atoms with Crippen molar-refractivity contribution in [2.75, 3.05) is 13.0 Å². The van der Waals surface area contributed by atoms with Crippen molar-refractivity contribution in [3.63, 3.8) is 0 Å². The third-order valence-electron chi connectivity index (χ3n) is 5.94. The minimum atomic E-state index is -3.38. The Morgan fingerprint density at radius 2 is 1.94 bits per heavy atom. The van der Waals surface area contributed by atoms with E-state index < -0.39 is 7.60 Å². The molecule has 0 aliphatic carbocycles. The minimum Gasteiger partial charge on any atom is -0.481 e. The molecule has 2 aromatic carbocycles. The largest absolute Gasteiger partial charge is 0.481 e. The number of rotatable bonds is 8. The lowest BCUT2D eigenvalue weighted by molar-refractivity contribution is 0.0725. The minimum absolute atomic E-state index is 0.148. The summed E-state index contributed by atoms with van der Waals surface area (Å²) in [7, 11) is -3.38. The molecule has 1 fully saturated rings. The molecule has 8 heteroatoms. The first-order valence-electron chi connectivity index (χ1n) is 11.4. The van der Waals surface area contributed by atoms with Crippen molar-refractivity contribution in [2.24, 2.45) is 5.18 Å². The lowest BCUT2D eigenvalue weighted by atomic mass is 9.94. The summed E-state index contributed by atoms with van der Waals surface area (Å²) in [5, 5.41) is 3.14. The highest BCUT2D eigenvalue weighted by atomic mass is 31.2. The molecular formula is C26H29N2O5P. The Kier molecular flexibility index (Phi) is 7.57. The van der Waals surface area contributed by atoms with Gasteiger partial charge >= 0.3 is 7.60 Å². The van der Waals surface area contributed by atoms with Gasteiger partial charge in [0.2, 0.25) is 0 Å². The van der Waals surface area contributed by atoms with Crippen LogP contribution in [-0.2, 0) is 20.0 Å². The molecule has 1 aliphatic rings. The second kappa shape index (κ2) is 10.6. The van der Waals surface area contributed by atoms with Crippen LogP contribution in [0.5, 0.6) is 5.75 Å². The van der Waals surface area contributed by atoms with Crippen molar-refractivity contribution in [1.29, 1.82) is 0 Å². The van der Waals surface area contributed by atoms with Gasteiger partial charge in [0.05, 0.1) is 12.7 Å². The standard InChI is InChI=1S/C26H29N2O5P/c1-18(2)24-16-20(4-7-25(24)28-29)15-22-5-6-23(14-19(22)3)31-17-34(30)32-13-10-26(33-34)21-8-11-27-12-9-21/h4-9,11-12,14,16,18,26H,10,13,15,17H2,1-3H3. The molecule has 34 heavy (non-hydrogen) atoms. The Bertz CT molecular complexity index is 1200. The summed E-state index contributed by atoms with van der Waals surface area (Å²) in [4.78, 5) is 15.1. The number of ether oxygens (including phenoxy) is 1. The quantitative estimate of drug-likeness (QED) is 0.250. The van der Waals surface area contributed by atoms with Crippen LogP contribution in [0.2, 0.25) is 0 Å². The summed E-state index contributed by atoms with van der Waals surface area (Å²) in [5.74, 6) is 0.827. The van der Waals surface area contributed by atoms with E-state index in [-0.39, 0.29) is 18.4 Å². The van der Waals surface area contributed by atoms with E-state index in [1.54, 1.807) is 18.5 Å². The highest BCUT2D eigenvalue weighted by Gasteiger charge is 2.35. The molecule has 2 heterocycles. The monoisotopic (exact) mass is 480 g/mol. The average molecular weight is 481 g/mol. The summed E-state index contributed by atoms with van der Waals surface area (Å²) in [5.41, 5.74) is 5.68. The molecule has 0 radical (unpaired) electrons. The molecule has 7 nitrogen and oxygen atoms in total. The molecule has 0 spiro atoms. The van der Waals surface area contributed by atoms with Crippen LogP contribution in [0.15, 0.2) is 66.1 Å². The lowest BCUT2D eigenvalue weighted by Crippen LogP contribution is -2.17. The Labute approximate surface area is 200 Å². The fraction of sp³-hybridized carbons (Fsp3) is 0.346. The molecule has 1 aromatic heterocycles. The van der Waals surface area contributed by atoms with Crippen molar-refractivity contribution in [1.82, 2.24) is 4.98 Å². The van der Waals surface area contributed by atoms with Crippen LogP contribution in [0.1, 0.15) is 60.1 Å². The van der Waals surface area contributed by atoms with Crippen LogP contribution in [0.3, 0.4) is 0 Å². The number of hydrogen-bond donors (Lipinski definition) is 0. The predicted molar refractivity (Wildman–Crippen MR) is 132 cm³/mol. The van der Waals surface area contributed by atoms with Crippen molar-refractivity contribution in [3.8, 4) is 5.75 Å². The van der Waals surface area contributed by atoms with Crippen molar-refractivity contribution < 1.29 is 18.3 Å². The Morgan fingerprint density at radius 1 is 1.15 bits per heavy atom. The summed E-state index contributed by atoms with van der Waals surface area (Å²) in [6, 6.07) is 15.3. The molecule has 1 aliphatic heterocycles. The second-order valence-corrected chi connectivity index (χ2v) is 10.7. The van der Waals surface area contributed by atoms with Gasteiger partial charge in [-0.2, -0.15) is 0 Å². The predicted octanol–water partition coefficient (Wildman–Crippen LogP) is 7.21. The van der Waals surface area contributed by atoms with Crippen molar-refractivity contribution in [3.05, 3.63) is 93.6 Å². The zero-order valence-electron chi connectivity index (χ0n) is 19.6. The van der Waals surface area contributed by atoms with Crippen LogP contribution in [0.25, 0.3) is 0 Å². The SMILES string of the molecule is Cc1cc(OCP2(=O)OCCC(c3ccncc3)O2)ccc1Cc1ccc(N=O)c(C(C)C)c1. The van der Waals surface area contributed by atoms with E-state index in [9.17, 15) is 9.47 Å². The van der Waals surface area contributed by atoms with Gasteiger partial charge in [0.25, 0.3) is 0 Å². The summed E-state index contributed by atoms with van der Waals surface area (Å²) >= 11 is 0. The number of benzene rings is 2. The fourth-order valence-corrected chi connectivity index (χ4v) is 5.54. The molecule has 0 saturated carbocycles. The van der Waals surface area contributed by atoms with E-state index in [1.165, 1.54) is 0 Å². The number of pyridine rings is 1. The van der Waals surface area contributed by atoms with Crippen LogP contribution < -0.4 is 4.74 Å². The van der Waals surface area contributed by atoms with Crippen LogP contribution >= 0.6 is 7.60 Å². The first kappa shape index (κ1) is 24.3. The first-order valence-corrected chi connectivity index (χ1v) is 13.1. The Hall–Kier alpha value is -2.86. The third kappa shape index (κ3) is 5.79. The molecule has 2 atom stereocenters. The van der Waals surface area contributed by atoms with Crippen molar-refractivity contribution in [2.45, 2.75) is 45.6 Å². The van der Waals surface area contributed by atoms with E-state index in [0.717, 1.165) is 34.2 Å². The van der Waals surface area contributed by atoms with Gasteiger partial charge in [-0.15, -0.1) is 4.91 Å². The van der Waals surface area contributed by atoms with Gasteiger partial charge in [-0.1, -0.05) is 32.0 Å². The van der Waals surface area contributed by atoms with Gasteiger partial charge < -0.3 is 9.26 Å². The van der Waals surface area contributed by atoms with E-state index in [1.807, 2.05) is 49.4 Å². The summed E-state index contributed by atoms with van der Waals surface area (Å²) in [6.07, 6.45) is 4.29. The van der Waals surface area contributed by atoms with Gasteiger partial charge in [-0.25, -0.2) is 0 Å². The highest BCUT2D eigenvalue weighted by Crippen LogP contribution is 2.55. The van der Waals surface area contributed by atoms with Crippen LogP contribution in [0.4, 0.5) is 5.69 Å². The zero-order chi connectivity index (χ0) is 24.1. The van der Waals surface area contributed by atoms with Gasteiger partial charge in [0.1, 0.15) is 11.4 Å². The maximum atomic E-state index is 13.1. The normalized spacial score (nSPS) is 20.3. The molecule has 0 amide bonds. The Balaban J connectivity index is 1.41. The van der Waals surface area contributed by atoms with E-state index in [4.69, 9.17) is 13.8 Å². The molecule has 4 rings (SSSR count). The number of nitroso groups, excluding NO2 is 1. The topological polar surface area (TPSA) is 87.1 Å². The number of nitrogens with zero attached hydrogens (tertiary/aromatic N) is 2. The van der Waals surface area contributed by atoms with Crippen molar-refractivity contribution >= 4 is 13.3 Å². The maximum Gasteiger partial charge on any atom is 0.368 e. The molecule has 0 bridgehead atoms. The lowest BCUT2D eigenvalue weighted by Gasteiger charge is -2.29. The molecule has 2 unspecified atom stereocenters.